The number of rotatable bonds is 6. The summed E-state index contributed by atoms with van der Waals surface area (Å²) in [7, 11) is 0. The Bertz CT molecular complexity index is 877. The lowest BCUT2D eigenvalue weighted by atomic mass is 9.57. The van der Waals surface area contributed by atoms with Gasteiger partial charge in [-0.3, -0.25) is 0 Å². The third-order valence-corrected chi connectivity index (χ3v) is 7.31. The van der Waals surface area contributed by atoms with Crippen molar-refractivity contribution in [2.75, 3.05) is 31.5 Å². The lowest BCUT2D eigenvalue weighted by molar-refractivity contribution is -0.00989. The average molecular weight is 445 g/mol. The minimum absolute atomic E-state index is 0.331. The number of nitrogens with zero attached hydrogens (tertiary/aromatic N) is 3. The van der Waals surface area contributed by atoms with Crippen LogP contribution in [0, 0.1) is 22.6 Å². The van der Waals surface area contributed by atoms with Crippen molar-refractivity contribution in [1.82, 2.24) is 15.1 Å². The molecule has 2 fully saturated rings. The topological polar surface area (TPSA) is 41.0 Å². The number of hydrogen-bond donors (Lipinski definition) is 1. The molecule has 1 aliphatic heterocycles. The van der Waals surface area contributed by atoms with Crippen molar-refractivity contribution in [2.24, 2.45) is 16.7 Å². The molecule has 2 aliphatic rings. The van der Waals surface area contributed by atoms with Crippen LogP contribution in [0.2, 0.25) is 5.02 Å². The van der Waals surface area contributed by atoms with E-state index in [1.807, 2.05) is 12.1 Å². The maximum Gasteiger partial charge on any atom is 0.148 e. The van der Waals surface area contributed by atoms with Gasteiger partial charge in [-0.15, -0.1) is 10.2 Å². The fourth-order valence-electron chi connectivity index (χ4n) is 4.97. The summed E-state index contributed by atoms with van der Waals surface area (Å²) in [6.07, 6.45) is 6.60. The lowest BCUT2D eigenvalue weighted by Crippen LogP contribution is -2.48. The van der Waals surface area contributed by atoms with E-state index < -0.39 is 0 Å². The SMILES string of the molecule is CC(C)(C)CCN1CCC2(CC1)CC(CNc1ccc(-c3cc(F)ccc3Cl)nn1)C2. The second-order valence-electron chi connectivity index (χ2n) is 10.7. The van der Waals surface area contributed by atoms with Gasteiger partial charge >= 0.3 is 0 Å². The summed E-state index contributed by atoms with van der Waals surface area (Å²) < 4.78 is 13.5. The maximum absolute atomic E-state index is 13.5. The van der Waals surface area contributed by atoms with Crippen LogP contribution in [0.15, 0.2) is 30.3 Å². The minimum atomic E-state index is -0.331. The summed E-state index contributed by atoms with van der Waals surface area (Å²) in [6.45, 7) is 11.7. The Morgan fingerprint density at radius 3 is 2.52 bits per heavy atom. The van der Waals surface area contributed by atoms with Crippen LogP contribution in [0.4, 0.5) is 10.2 Å². The van der Waals surface area contributed by atoms with Crippen molar-refractivity contribution >= 4 is 17.4 Å². The van der Waals surface area contributed by atoms with Crippen molar-refractivity contribution in [3.8, 4) is 11.3 Å². The quantitative estimate of drug-likeness (QED) is 0.569. The van der Waals surface area contributed by atoms with Crippen LogP contribution >= 0.6 is 11.6 Å². The molecule has 4 nitrogen and oxygen atoms in total. The first kappa shape index (κ1) is 22.5. The fourth-order valence-corrected chi connectivity index (χ4v) is 5.19. The van der Waals surface area contributed by atoms with E-state index in [4.69, 9.17) is 11.6 Å². The van der Waals surface area contributed by atoms with E-state index >= 15 is 0 Å². The van der Waals surface area contributed by atoms with E-state index in [9.17, 15) is 4.39 Å². The second-order valence-corrected chi connectivity index (χ2v) is 11.1. The van der Waals surface area contributed by atoms with Gasteiger partial charge in [-0.1, -0.05) is 32.4 Å². The third-order valence-electron chi connectivity index (χ3n) is 6.98. The van der Waals surface area contributed by atoms with Gasteiger partial charge in [-0.2, -0.15) is 0 Å². The van der Waals surface area contributed by atoms with E-state index in [2.05, 4.69) is 41.2 Å². The van der Waals surface area contributed by atoms with Crippen LogP contribution < -0.4 is 5.32 Å². The van der Waals surface area contributed by atoms with Crippen LogP contribution in [0.25, 0.3) is 11.3 Å². The standard InChI is InChI=1S/C25H34ClFN4/c1-24(2,3)8-11-31-12-9-25(10-13-31)15-18(16-25)17-28-23-7-6-22(29-30-23)20-14-19(27)4-5-21(20)26/h4-7,14,18H,8-13,15-17H2,1-3H3,(H,28,30). The molecule has 4 rings (SSSR count). The molecule has 0 bridgehead atoms. The molecule has 0 unspecified atom stereocenters. The molecule has 0 atom stereocenters. The number of hydrogen-bond acceptors (Lipinski definition) is 4. The third kappa shape index (κ3) is 5.75. The van der Waals surface area contributed by atoms with Crippen LogP contribution in [-0.4, -0.2) is 41.3 Å². The number of likely N-dealkylation sites (tertiary alicyclic amines) is 1. The van der Waals surface area contributed by atoms with E-state index in [1.54, 1.807) is 6.07 Å². The number of nitrogens with one attached hydrogen (secondary N) is 1. The zero-order chi connectivity index (χ0) is 22.1. The second kappa shape index (κ2) is 9.03. The molecule has 2 aromatic rings. The molecule has 2 heterocycles. The van der Waals surface area contributed by atoms with Crippen LogP contribution in [0.3, 0.4) is 0 Å². The number of benzene rings is 1. The van der Waals surface area contributed by atoms with Crippen molar-refractivity contribution in [2.45, 2.75) is 52.9 Å². The predicted octanol–water partition coefficient (Wildman–Crippen LogP) is 6.28. The van der Waals surface area contributed by atoms with Crippen LogP contribution in [0.5, 0.6) is 0 Å². The summed E-state index contributed by atoms with van der Waals surface area (Å²) >= 11 is 6.16. The van der Waals surface area contributed by atoms with E-state index in [0.717, 1.165) is 12.4 Å². The first-order valence-electron chi connectivity index (χ1n) is 11.5. The normalized spacial score (nSPS) is 19.4. The zero-order valence-electron chi connectivity index (χ0n) is 18.9. The molecule has 6 heteroatoms. The summed E-state index contributed by atoms with van der Waals surface area (Å²) in [5, 5.41) is 12.4. The smallest absolute Gasteiger partial charge is 0.148 e. The number of aromatic nitrogens is 2. The first-order chi connectivity index (χ1) is 14.7. The highest BCUT2D eigenvalue weighted by Gasteiger charge is 2.45. The zero-order valence-corrected chi connectivity index (χ0v) is 19.7. The van der Waals surface area contributed by atoms with Crippen LogP contribution in [0.1, 0.15) is 52.9 Å². The van der Waals surface area contributed by atoms with E-state index in [1.165, 1.54) is 63.9 Å². The van der Waals surface area contributed by atoms with Gasteiger partial charge in [0.1, 0.15) is 11.6 Å². The first-order valence-corrected chi connectivity index (χ1v) is 11.8. The Morgan fingerprint density at radius 2 is 1.87 bits per heavy atom. The molecule has 1 aromatic heterocycles. The van der Waals surface area contributed by atoms with Crippen molar-refractivity contribution in [3.63, 3.8) is 0 Å². The Morgan fingerprint density at radius 1 is 1.13 bits per heavy atom. The highest BCUT2D eigenvalue weighted by molar-refractivity contribution is 6.33. The highest BCUT2D eigenvalue weighted by atomic mass is 35.5. The van der Waals surface area contributed by atoms with E-state index in [-0.39, 0.29) is 5.82 Å². The molecular formula is C25H34ClFN4. The van der Waals surface area contributed by atoms with Gasteiger partial charge in [0.05, 0.1) is 10.7 Å². The summed E-state index contributed by atoms with van der Waals surface area (Å²) in [6, 6.07) is 8.01. The summed E-state index contributed by atoms with van der Waals surface area (Å²) in [5.41, 5.74) is 2.15. The molecule has 1 aliphatic carbocycles. The Hall–Kier alpha value is -1.72. The van der Waals surface area contributed by atoms with Gasteiger partial charge in [0.25, 0.3) is 0 Å². The number of halogens is 2. The van der Waals surface area contributed by atoms with Crippen molar-refractivity contribution in [1.29, 1.82) is 0 Å². The van der Waals surface area contributed by atoms with Crippen molar-refractivity contribution in [3.05, 3.63) is 41.2 Å². The molecule has 168 valence electrons. The minimum Gasteiger partial charge on any atom is -0.368 e. The molecule has 1 spiro atoms. The molecule has 1 saturated carbocycles. The molecular weight excluding hydrogens is 411 g/mol. The van der Waals surface area contributed by atoms with Gasteiger partial charge in [-0.05, 0) is 98.8 Å². The van der Waals surface area contributed by atoms with E-state index in [0.29, 0.717) is 33.0 Å². The summed E-state index contributed by atoms with van der Waals surface area (Å²) in [5.74, 6) is 1.14. The Labute approximate surface area is 190 Å². The molecule has 0 radical (unpaired) electrons. The lowest BCUT2D eigenvalue weighted by Gasteiger charge is -2.52. The molecule has 0 amide bonds. The fraction of sp³-hybridized carbons (Fsp3) is 0.600. The highest BCUT2D eigenvalue weighted by Crippen LogP contribution is 2.52. The molecule has 1 saturated heterocycles. The largest absolute Gasteiger partial charge is 0.368 e. The Balaban J connectivity index is 1.21. The summed E-state index contributed by atoms with van der Waals surface area (Å²) in [4.78, 5) is 2.66. The average Bonchev–Trinajstić information content (AvgIpc) is 2.71. The number of piperidine rings is 1. The Kier molecular flexibility index (Phi) is 6.55. The number of anilines is 1. The van der Waals surface area contributed by atoms with Crippen LogP contribution in [-0.2, 0) is 0 Å². The van der Waals surface area contributed by atoms with Gasteiger partial charge in [-0.25, -0.2) is 4.39 Å². The van der Waals surface area contributed by atoms with Gasteiger partial charge < -0.3 is 10.2 Å². The monoisotopic (exact) mass is 444 g/mol. The molecule has 1 N–H and O–H groups in total. The predicted molar refractivity (Wildman–Crippen MR) is 126 cm³/mol. The van der Waals surface area contributed by atoms with Gasteiger partial charge in [0.2, 0.25) is 0 Å². The van der Waals surface area contributed by atoms with Gasteiger partial charge in [0.15, 0.2) is 0 Å². The van der Waals surface area contributed by atoms with Gasteiger partial charge in [0, 0.05) is 12.1 Å². The molecule has 31 heavy (non-hydrogen) atoms. The molecule has 1 aromatic carbocycles. The van der Waals surface area contributed by atoms with Crippen molar-refractivity contribution < 1.29 is 4.39 Å². The maximum atomic E-state index is 13.5.